The summed E-state index contributed by atoms with van der Waals surface area (Å²) in [5.41, 5.74) is 2.70. The number of aromatic nitrogens is 3. The average Bonchev–Trinajstić information content (AvgIpc) is 2.85. The molecule has 6 nitrogen and oxygen atoms in total. The molecular weight excluding hydrogens is 244 g/mol. The SMILES string of the molecule is CCC(=O)OCCCNc1cc(C)nc2[nH]ncc12. The average molecular weight is 262 g/mol. The summed E-state index contributed by atoms with van der Waals surface area (Å²) in [4.78, 5) is 15.3. The Morgan fingerprint density at radius 3 is 3.16 bits per heavy atom. The van der Waals surface area contributed by atoms with Crippen molar-refractivity contribution in [3.05, 3.63) is 18.0 Å². The smallest absolute Gasteiger partial charge is 0.305 e. The number of H-pyrrole nitrogens is 1. The van der Waals surface area contributed by atoms with Crippen LogP contribution in [0.15, 0.2) is 12.3 Å². The number of pyridine rings is 1. The second kappa shape index (κ2) is 6.17. The molecule has 0 aliphatic carbocycles. The van der Waals surface area contributed by atoms with E-state index in [9.17, 15) is 4.79 Å². The van der Waals surface area contributed by atoms with Crippen LogP contribution in [0.2, 0.25) is 0 Å². The zero-order chi connectivity index (χ0) is 13.7. The van der Waals surface area contributed by atoms with Crippen molar-refractivity contribution in [1.82, 2.24) is 15.2 Å². The standard InChI is InChI=1S/C13H18N4O2/c1-3-12(18)19-6-4-5-14-11-7-9(2)16-13-10(11)8-15-17-13/h7-8H,3-6H2,1-2H3,(H2,14,15,16,17). The Balaban J connectivity index is 1.87. The number of anilines is 1. The van der Waals surface area contributed by atoms with Crippen LogP contribution in [-0.4, -0.2) is 34.3 Å². The number of hydrogen-bond acceptors (Lipinski definition) is 5. The first kappa shape index (κ1) is 13.3. The van der Waals surface area contributed by atoms with E-state index in [1.54, 1.807) is 13.1 Å². The minimum atomic E-state index is -0.156. The van der Waals surface area contributed by atoms with Gasteiger partial charge in [-0.15, -0.1) is 0 Å². The van der Waals surface area contributed by atoms with Gasteiger partial charge >= 0.3 is 5.97 Å². The molecule has 2 heterocycles. The lowest BCUT2D eigenvalue weighted by atomic mass is 10.2. The maximum atomic E-state index is 11.0. The van der Waals surface area contributed by atoms with E-state index in [-0.39, 0.29) is 5.97 Å². The van der Waals surface area contributed by atoms with Gasteiger partial charge in [0.2, 0.25) is 0 Å². The molecule has 0 aliphatic heterocycles. The molecule has 0 spiro atoms. The largest absolute Gasteiger partial charge is 0.466 e. The third-order valence-electron chi connectivity index (χ3n) is 2.74. The minimum Gasteiger partial charge on any atom is -0.466 e. The highest BCUT2D eigenvalue weighted by molar-refractivity contribution is 5.88. The number of hydrogen-bond donors (Lipinski definition) is 2. The number of fused-ring (bicyclic) bond motifs is 1. The lowest BCUT2D eigenvalue weighted by molar-refractivity contribution is -0.143. The number of ether oxygens (including phenoxy) is 1. The normalized spacial score (nSPS) is 10.6. The van der Waals surface area contributed by atoms with Crippen LogP contribution in [0.4, 0.5) is 5.69 Å². The maximum absolute atomic E-state index is 11.0. The summed E-state index contributed by atoms with van der Waals surface area (Å²) in [5, 5.41) is 11.1. The van der Waals surface area contributed by atoms with Crippen LogP contribution in [0.3, 0.4) is 0 Å². The molecule has 0 aliphatic rings. The van der Waals surface area contributed by atoms with Gasteiger partial charge in [0.1, 0.15) is 0 Å². The number of aryl methyl sites for hydroxylation is 1. The quantitative estimate of drug-likeness (QED) is 0.615. The van der Waals surface area contributed by atoms with E-state index in [2.05, 4.69) is 20.5 Å². The van der Waals surface area contributed by atoms with E-state index in [0.29, 0.717) is 13.0 Å². The minimum absolute atomic E-state index is 0.156. The Labute approximate surface area is 111 Å². The van der Waals surface area contributed by atoms with E-state index in [4.69, 9.17) is 4.74 Å². The van der Waals surface area contributed by atoms with Gasteiger partial charge in [-0.2, -0.15) is 5.10 Å². The fourth-order valence-electron chi connectivity index (χ4n) is 1.79. The highest BCUT2D eigenvalue weighted by Gasteiger charge is 2.05. The Morgan fingerprint density at radius 2 is 2.37 bits per heavy atom. The molecule has 102 valence electrons. The molecule has 2 rings (SSSR count). The van der Waals surface area contributed by atoms with Gasteiger partial charge < -0.3 is 10.1 Å². The molecule has 6 heteroatoms. The highest BCUT2D eigenvalue weighted by Crippen LogP contribution is 2.20. The number of carbonyl (C=O) groups is 1. The van der Waals surface area contributed by atoms with Gasteiger partial charge in [-0.1, -0.05) is 6.92 Å². The van der Waals surface area contributed by atoms with Crippen LogP contribution in [-0.2, 0) is 9.53 Å². The maximum Gasteiger partial charge on any atom is 0.305 e. The summed E-state index contributed by atoms with van der Waals surface area (Å²) in [5.74, 6) is -0.156. The van der Waals surface area contributed by atoms with Crippen LogP contribution < -0.4 is 5.32 Å². The second-order valence-electron chi connectivity index (χ2n) is 4.30. The molecule has 0 atom stereocenters. The first-order valence-electron chi connectivity index (χ1n) is 6.41. The van der Waals surface area contributed by atoms with Crippen LogP contribution in [0, 0.1) is 6.92 Å². The van der Waals surface area contributed by atoms with Crippen molar-refractivity contribution in [2.45, 2.75) is 26.7 Å². The number of carbonyl (C=O) groups excluding carboxylic acids is 1. The lowest BCUT2D eigenvalue weighted by Crippen LogP contribution is -2.09. The van der Waals surface area contributed by atoms with Crippen molar-refractivity contribution < 1.29 is 9.53 Å². The van der Waals surface area contributed by atoms with E-state index >= 15 is 0 Å². The first-order chi connectivity index (χ1) is 9.20. The summed E-state index contributed by atoms with van der Waals surface area (Å²) in [6, 6.07) is 1.98. The van der Waals surface area contributed by atoms with Gasteiger partial charge in [-0.3, -0.25) is 9.89 Å². The summed E-state index contributed by atoms with van der Waals surface area (Å²) in [6.07, 6.45) is 2.94. The third kappa shape index (κ3) is 3.43. The van der Waals surface area contributed by atoms with E-state index in [1.807, 2.05) is 13.0 Å². The number of nitrogens with zero attached hydrogens (tertiary/aromatic N) is 2. The van der Waals surface area contributed by atoms with Crippen molar-refractivity contribution >= 4 is 22.7 Å². The third-order valence-corrected chi connectivity index (χ3v) is 2.74. The zero-order valence-electron chi connectivity index (χ0n) is 11.2. The zero-order valence-corrected chi connectivity index (χ0v) is 11.2. The van der Waals surface area contributed by atoms with Crippen molar-refractivity contribution in [2.24, 2.45) is 0 Å². The van der Waals surface area contributed by atoms with Gasteiger partial charge in [0.05, 0.1) is 18.2 Å². The summed E-state index contributed by atoms with van der Waals surface area (Å²) in [6.45, 7) is 4.91. The summed E-state index contributed by atoms with van der Waals surface area (Å²) >= 11 is 0. The number of nitrogens with one attached hydrogen (secondary N) is 2. The van der Waals surface area contributed by atoms with Crippen LogP contribution in [0.1, 0.15) is 25.5 Å². The lowest BCUT2D eigenvalue weighted by Gasteiger charge is -2.08. The summed E-state index contributed by atoms with van der Waals surface area (Å²) in [7, 11) is 0. The molecule has 2 aromatic rings. The van der Waals surface area contributed by atoms with Gasteiger partial charge in [-0.05, 0) is 19.4 Å². The predicted octanol–water partition coefficient (Wildman–Crippen LogP) is 2.02. The molecular formula is C13H18N4O2. The number of aromatic amines is 1. The van der Waals surface area contributed by atoms with E-state index in [0.717, 1.165) is 35.4 Å². The molecule has 2 aromatic heterocycles. The molecule has 0 unspecified atom stereocenters. The van der Waals surface area contributed by atoms with Gasteiger partial charge in [-0.25, -0.2) is 4.98 Å². The Hall–Kier alpha value is -2.11. The number of esters is 1. The van der Waals surface area contributed by atoms with Gasteiger partial charge in [0, 0.05) is 24.3 Å². The van der Waals surface area contributed by atoms with Crippen molar-refractivity contribution in [2.75, 3.05) is 18.5 Å². The molecule has 19 heavy (non-hydrogen) atoms. The Morgan fingerprint density at radius 1 is 1.53 bits per heavy atom. The molecule has 0 fully saturated rings. The Kier molecular flexibility index (Phi) is 4.33. The predicted molar refractivity (Wildman–Crippen MR) is 73.0 cm³/mol. The fourth-order valence-corrected chi connectivity index (χ4v) is 1.79. The number of rotatable bonds is 6. The molecule has 0 radical (unpaired) electrons. The molecule has 0 saturated heterocycles. The van der Waals surface area contributed by atoms with Crippen LogP contribution in [0.5, 0.6) is 0 Å². The monoisotopic (exact) mass is 262 g/mol. The van der Waals surface area contributed by atoms with Crippen LogP contribution >= 0.6 is 0 Å². The van der Waals surface area contributed by atoms with Crippen LogP contribution in [0.25, 0.3) is 11.0 Å². The van der Waals surface area contributed by atoms with Gasteiger partial charge in [0.15, 0.2) is 5.65 Å². The Bertz CT molecular complexity index is 565. The molecule has 2 N–H and O–H groups in total. The molecule has 0 saturated carbocycles. The topological polar surface area (TPSA) is 79.9 Å². The van der Waals surface area contributed by atoms with Crippen molar-refractivity contribution in [3.63, 3.8) is 0 Å². The molecule has 0 bridgehead atoms. The highest BCUT2D eigenvalue weighted by atomic mass is 16.5. The molecule has 0 aromatic carbocycles. The summed E-state index contributed by atoms with van der Waals surface area (Å²) < 4.78 is 5.02. The van der Waals surface area contributed by atoms with Crippen molar-refractivity contribution in [3.8, 4) is 0 Å². The van der Waals surface area contributed by atoms with Gasteiger partial charge in [0.25, 0.3) is 0 Å². The molecule has 0 amide bonds. The van der Waals surface area contributed by atoms with E-state index in [1.165, 1.54) is 0 Å². The van der Waals surface area contributed by atoms with Crippen molar-refractivity contribution in [1.29, 1.82) is 0 Å². The fraction of sp³-hybridized carbons (Fsp3) is 0.462. The van der Waals surface area contributed by atoms with E-state index < -0.39 is 0 Å². The second-order valence-corrected chi connectivity index (χ2v) is 4.30. The first-order valence-corrected chi connectivity index (χ1v) is 6.41.